The lowest BCUT2D eigenvalue weighted by atomic mass is 9.96. The number of phenolic OH excluding ortho intramolecular Hbond substituents is 1. The van der Waals surface area contributed by atoms with E-state index in [4.69, 9.17) is 10.00 Å². The molecule has 1 N–H and O–H groups in total. The minimum absolute atomic E-state index is 0.127. The fourth-order valence-corrected chi connectivity index (χ4v) is 3.02. The van der Waals surface area contributed by atoms with E-state index in [0.717, 1.165) is 18.2 Å². The second-order valence-corrected chi connectivity index (χ2v) is 6.76. The van der Waals surface area contributed by atoms with Gasteiger partial charge in [0.2, 0.25) is 0 Å². The van der Waals surface area contributed by atoms with E-state index in [0.29, 0.717) is 6.07 Å². The average molecular weight is 453 g/mol. The number of carbonyl (C=O) groups excluding carboxylic acids is 1. The molecule has 3 rings (SSSR count). The first-order valence-electron chi connectivity index (χ1n) is 9.57. The number of esters is 1. The highest BCUT2D eigenvalue weighted by atomic mass is 19.4. The van der Waals surface area contributed by atoms with Crippen LogP contribution in [0.4, 0.5) is 17.6 Å². The van der Waals surface area contributed by atoms with Gasteiger partial charge in [-0.25, -0.2) is 9.18 Å². The largest absolute Gasteiger partial charge is 0.508 e. The van der Waals surface area contributed by atoms with Crippen LogP contribution in [0.25, 0.3) is 11.1 Å². The van der Waals surface area contributed by atoms with E-state index in [2.05, 4.69) is 11.8 Å². The molecule has 33 heavy (non-hydrogen) atoms. The van der Waals surface area contributed by atoms with Crippen molar-refractivity contribution in [1.29, 1.82) is 5.26 Å². The third-order valence-electron chi connectivity index (χ3n) is 4.57. The Bertz CT molecular complexity index is 1330. The molecule has 3 aromatic carbocycles. The first-order valence-corrected chi connectivity index (χ1v) is 9.57. The Hall–Kier alpha value is -4.30. The number of halogens is 4. The van der Waals surface area contributed by atoms with E-state index in [1.54, 1.807) is 13.0 Å². The van der Waals surface area contributed by atoms with Crippen LogP contribution in [0, 0.1) is 29.0 Å². The number of phenols is 1. The standard InChI is InChI=1S/C25H15F4NO3/c1-2-33-24(32)18-7-4-15(21(11-18)17-6-8-19(14-30)23(26)12-17)3-5-16-9-10-20(31)13-22(16)25(27,28)29/h4,6-13,31H,2H2,1H3. The predicted molar refractivity (Wildman–Crippen MR) is 112 cm³/mol. The SMILES string of the molecule is CCOC(=O)c1ccc(C#Cc2ccc(O)cc2C(F)(F)F)c(-c2ccc(C#N)c(F)c2)c1. The third kappa shape index (κ3) is 5.31. The maximum atomic E-state index is 14.2. The number of aromatic hydroxyl groups is 1. The summed E-state index contributed by atoms with van der Waals surface area (Å²) in [5.41, 5.74) is -0.772. The zero-order valence-electron chi connectivity index (χ0n) is 17.1. The van der Waals surface area contributed by atoms with Gasteiger partial charge in [-0.15, -0.1) is 0 Å². The molecule has 3 aromatic rings. The summed E-state index contributed by atoms with van der Waals surface area (Å²) in [5, 5.41) is 18.4. The van der Waals surface area contributed by atoms with Crippen LogP contribution in [0.15, 0.2) is 54.6 Å². The summed E-state index contributed by atoms with van der Waals surface area (Å²) >= 11 is 0. The molecule has 0 bridgehead atoms. The second kappa shape index (κ2) is 9.46. The highest BCUT2D eigenvalue weighted by Gasteiger charge is 2.33. The van der Waals surface area contributed by atoms with Gasteiger partial charge in [-0.05, 0) is 66.6 Å². The first kappa shape index (κ1) is 23.4. The van der Waals surface area contributed by atoms with Crippen molar-refractivity contribution < 1.29 is 32.2 Å². The van der Waals surface area contributed by atoms with Gasteiger partial charge in [0, 0.05) is 11.1 Å². The monoisotopic (exact) mass is 453 g/mol. The molecule has 0 saturated heterocycles. The number of alkyl halides is 3. The van der Waals surface area contributed by atoms with Gasteiger partial charge in [0.25, 0.3) is 0 Å². The quantitative estimate of drug-likeness (QED) is 0.315. The van der Waals surface area contributed by atoms with Crippen LogP contribution in [0.2, 0.25) is 0 Å². The Balaban J connectivity index is 2.18. The van der Waals surface area contributed by atoms with Gasteiger partial charge in [0.15, 0.2) is 0 Å². The second-order valence-electron chi connectivity index (χ2n) is 6.76. The van der Waals surface area contributed by atoms with Gasteiger partial charge in [-0.2, -0.15) is 18.4 Å². The Morgan fingerprint density at radius 3 is 2.30 bits per heavy atom. The maximum absolute atomic E-state index is 14.2. The van der Waals surface area contributed by atoms with Gasteiger partial charge in [0.05, 0.1) is 23.3 Å². The maximum Gasteiger partial charge on any atom is 0.417 e. The molecule has 0 aliphatic carbocycles. The van der Waals surface area contributed by atoms with E-state index in [-0.39, 0.29) is 40.0 Å². The number of ether oxygens (including phenoxy) is 1. The fourth-order valence-electron chi connectivity index (χ4n) is 3.02. The molecule has 4 nitrogen and oxygen atoms in total. The molecule has 0 aliphatic rings. The molecule has 166 valence electrons. The van der Waals surface area contributed by atoms with Crippen molar-refractivity contribution in [1.82, 2.24) is 0 Å². The lowest BCUT2D eigenvalue weighted by molar-refractivity contribution is -0.137. The van der Waals surface area contributed by atoms with Gasteiger partial charge in [0.1, 0.15) is 17.6 Å². The number of nitrogens with zero attached hydrogens (tertiary/aromatic N) is 1. The molecule has 8 heteroatoms. The summed E-state index contributed by atoms with van der Waals surface area (Å²) in [6.45, 7) is 1.76. The van der Waals surface area contributed by atoms with Gasteiger partial charge >= 0.3 is 12.1 Å². The normalized spacial score (nSPS) is 10.7. The van der Waals surface area contributed by atoms with Crippen LogP contribution in [0.1, 0.15) is 39.5 Å². The molecule has 0 radical (unpaired) electrons. The number of hydrogen-bond acceptors (Lipinski definition) is 4. The Morgan fingerprint density at radius 2 is 1.67 bits per heavy atom. The van der Waals surface area contributed by atoms with E-state index in [1.165, 1.54) is 30.3 Å². The van der Waals surface area contributed by atoms with Crippen LogP contribution in [0.5, 0.6) is 5.75 Å². The summed E-state index contributed by atoms with van der Waals surface area (Å²) in [6.07, 6.45) is -4.74. The molecular formula is C25H15F4NO3. The predicted octanol–water partition coefficient (Wildman–Crippen LogP) is 5.67. The fraction of sp³-hybridized carbons (Fsp3) is 0.120. The number of benzene rings is 3. The Morgan fingerprint density at radius 1 is 1.00 bits per heavy atom. The molecule has 0 fully saturated rings. The molecule has 0 aliphatic heterocycles. The number of carbonyl (C=O) groups is 1. The first-order chi connectivity index (χ1) is 15.6. The highest BCUT2D eigenvalue weighted by molar-refractivity contribution is 5.92. The average Bonchev–Trinajstić information content (AvgIpc) is 2.77. The van der Waals surface area contributed by atoms with Crippen LogP contribution >= 0.6 is 0 Å². The molecule has 0 amide bonds. The third-order valence-corrected chi connectivity index (χ3v) is 4.57. The number of nitriles is 1. The molecular weight excluding hydrogens is 438 g/mol. The smallest absolute Gasteiger partial charge is 0.417 e. The van der Waals surface area contributed by atoms with Crippen molar-refractivity contribution in [2.75, 3.05) is 6.61 Å². The van der Waals surface area contributed by atoms with Crippen LogP contribution in [-0.4, -0.2) is 17.7 Å². The molecule has 0 spiro atoms. The van der Waals surface area contributed by atoms with Crippen molar-refractivity contribution in [3.63, 3.8) is 0 Å². The number of hydrogen-bond donors (Lipinski definition) is 1. The van der Waals surface area contributed by atoms with Gasteiger partial charge < -0.3 is 9.84 Å². The number of rotatable bonds is 3. The van der Waals surface area contributed by atoms with E-state index >= 15 is 0 Å². The summed E-state index contributed by atoms with van der Waals surface area (Å²) in [6, 6.07) is 12.4. The Kier molecular flexibility index (Phi) is 6.69. The lowest BCUT2D eigenvalue weighted by Crippen LogP contribution is -2.07. The van der Waals surface area contributed by atoms with Crippen molar-refractivity contribution >= 4 is 5.97 Å². The molecule has 0 unspecified atom stereocenters. The zero-order chi connectivity index (χ0) is 24.2. The summed E-state index contributed by atoms with van der Waals surface area (Å²) in [7, 11) is 0. The molecule has 0 atom stereocenters. The van der Waals surface area contributed by atoms with E-state index in [9.17, 15) is 27.5 Å². The molecule has 0 saturated carbocycles. The van der Waals surface area contributed by atoms with Gasteiger partial charge in [-0.1, -0.05) is 17.9 Å². The molecule has 0 aromatic heterocycles. The van der Waals surface area contributed by atoms with Gasteiger partial charge in [-0.3, -0.25) is 0 Å². The van der Waals surface area contributed by atoms with Crippen molar-refractivity contribution in [2.24, 2.45) is 0 Å². The topological polar surface area (TPSA) is 70.3 Å². The molecule has 0 heterocycles. The van der Waals surface area contributed by atoms with Crippen molar-refractivity contribution in [3.8, 4) is 34.8 Å². The summed E-state index contributed by atoms with van der Waals surface area (Å²) in [5.74, 6) is 3.09. The van der Waals surface area contributed by atoms with Crippen LogP contribution < -0.4 is 0 Å². The zero-order valence-corrected chi connectivity index (χ0v) is 17.1. The lowest BCUT2D eigenvalue weighted by Gasteiger charge is -2.10. The van der Waals surface area contributed by atoms with Crippen LogP contribution in [0.3, 0.4) is 0 Å². The highest BCUT2D eigenvalue weighted by Crippen LogP contribution is 2.34. The Labute approximate surface area is 186 Å². The summed E-state index contributed by atoms with van der Waals surface area (Å²) in [4.78, 5) is 12.1. The van der Waals surface area contributed by atoms with Crippen molar-refractivity contribution in [3.05, 3.63) is 88.2 Å². The van der Waals surface area contributed by atoms with E-state index in [1.807, 2.05) is 0 Å². The minimum atomic E-state index is -4.74. The van der Waals surface area contributed by atoms with Crippen LogP contribution in [-0.2, 0) is 10.9 Å². The minimum Gasteiger partial charge on any atom is -0.508 e. The van der Waals surface area contributed by atoms with E-state index < -0.39 is 29.3 Å². The summed E-state index contributed by atoms with van der Waals surface area (Å²) < 4.78 is 59.2. The van der Waals surface area contributed by atoms with Crippen molar-refractivity contribution in [2.45, 2.75) is 13.1 Å².